The molecular weight excluding hydrogens is 268 g/mol. The molecule has 2 nitrogen and oxygen atoms in total. The van der Waals surface area contributed by atoms with Crippen molar-refractivity contribution in [3.8, 4) is 0 Å². The summed E-state index contributed by atoms with van der Waals surface area (Å²) < 4.78 is 0. The Hall–Kier alpha value is -2.48. The van der Waals surface area contributed by atoms with Crippen LogP contribution >= 0.6 is 0 Å². The van der Waals surface area contributed by atoms with E-state index >= 15 is 0 Å². The monoisotopic (exact) mass is 290 g/mol. The van der Waals surface area contributed by atoms with Gasteiger partial charge < -0.3 is 10.6 Å². The third-order valence-corrected chi connectivity index (χ3v) is 3.75. The van der Waals surface area contributed by atoms with Crippen LogP contribution in [0.4, 0.5) is 5.69 Å². The molecule has 0 aliphatic heterocycles. The molecule has 2 heteroatoms. The van der Waals surface area contributed by atoms with E-state index in [2.05, 4.69) is 65.3 Å². The van der Waals surface area contributed by atoms with Crippen LogP contribution in [-0.4, -0.2) is 0 Å². The molecular formula is C20H22N2. The van der Waals surface area contributed by atoms with Gasteiger partial charge in [-0.1, -0.05) is 54.6 Å². The third kappa shape index (κ3) is 4.26. The molecule has 0 saturated heterocycles. The van der Waals surface area contributed by atoms with E-state index in [9.17, 15) is 0 Å². The molecule has 0 heterocycles. The van der Waals surface area contributed by atoms with E-state index in [1.807, 2.05) is 18.2 Å². The van der Waals surface area contributed by atoms with Crippen LogP contribution in [-0.2, 0) is 13.1 Å². The molecule has 0 spiro atoms. The number of nitrogens with one attached hydrogen (secondary N) is 2. The van der Waals surface area contributed by atoms with E-state index in [0.717, 1.165) is 31.6 Å². The highest BCUT2D eigenvalue weighted by Crippen LogP contribution is 2.12. The summed E-state index contributed by atoms with van der Waals surface area (Å²) in [5.74, 6) is 0. The molecule has 112 valence electrons. The average Bonchev–Trinajstić information content (AvgIpc) is 2.60. The van der Waals surface area contributed by atoms with Crippen molar-refractivity contribution in [2.75, 3.05) is 5.32 Å². The minimum atomic E-state index is 0.848. The molecule has 0 bridgehead atoms. The summed E-state index contributed by atoms with van der Waals surface area (Å²) in [6, 6.07) is 19.0. The Morgan fingerprint density at radius 2 is 1.55 bits per heavy atom. The van der Waals surface area contributed by atoms with E-state index < -0.39 is 0 Å². The lowest BCUT2D eigenvalue weighted by Crippen LogP contribution is -2.12. The van der Waals surface area contributed by atoms with Gasteiger partial charge in [-0.2, -0.15) is 0 Å². The van der Waals surface area contributed by atoms with Crippen molar-refractivity contribution in [1.29, 1.82) is 0 Å². The first-order valence-electron chi connectivity index (χ1n) is 7.87. The molecule has 3 rings (SSSR count). The van der Waals surface area contributed by atoms with Gasteiger partial charge in [-0.3, -0.25) is 0 Å². The first kappa shape index (κ1) is 14.5. The molecule has 1 aliphatic carbocycles. The number of benzene rings is 2. The second-order valence-electron chi connectivity index (χ2n) is 5.53. The van der Waals surface area contributed by atoms with Gasteiger partial charge in [0, 0.05) is 24.5 Å². The second-order valence-corrected chi connectivity index (χ2v) is 5.53. The summed E-state index contributed by atoms with van der Waals surface area (Å²) in [4.78, 5) is 0. The SMILES string of the molecule is C1=CC(NCc2cccc(CNc3ccccc3)c2)=CCC1. The summed E-state index contributed by atoms with van der Waals surface area (Å²) in [6.45, 7) is 1.72. The first-order valence-corrected chi connectivity index (χ1v) is 7.87. The molecule has 0 unspecified atom stereocenters. The Bertz CT molecular complexity index is 656. The Labute approximate surface area is 132 Å². The molecule has 0 aromatic heterocycles. The molecule has 2 aromatic carbocycles. The van der Waals surface area contributed by atoms with Crippen molar-refractivity contribution in [1.82, 2.24) is 5.32 Å². The quantitative estimate of drug-likeness (QED) is 0.811. The van der Waals surface area contributed by atoms with Gasteiger partial charge >= 0.3 is 0 Å². The smallest absolute Gasteiger partial charge is 0.0400 e. The van der Waals surface area contributed by atoms with Gasteiger partial charge in [0.25, 0.3) is 0 Å². The van der Waals surface area contributed by atoms with Crippen molar-refractivity contribution in [3.05, 3.63) is 89.6 Å². The van der Waals surface area contributed by atoms with Crippen LogP contribution in [0.1, 0.15) is 24.0 Å². The molecule has 22 heavy (non-hydrogen) atoms. The topological polar surface area (TPSA) is 24.1 Å². The predicted molar refractivity (Wildman–Crippen MR) is 93.5 cm³/mol. The Morgan fingerprint density at radius 3 is 2.27 bits per heavy atom. The number of allylic oxidation sites excluding steroid dienone is 3. The minimum absolute atomic E-state index is 0.848. The summed E-state index contributed by atoms with van der Waals surface area (Å²) in [7, 11) is 0. The standard InChI is InChI=1S/C20H22N2/c1-3-10-19(11-4-1)21-15-17-8-7-9-18(14-17)16-22-20-12-5-2-6-13-20/h1,3-5,7-14,21-22H,2,6,15-16H2. The van der Waals surface area contributed by atoms with Gasteiger partial charge in [0.2, 0.25) is 0 Å². The van der Waals surface area contributed by atoms with Crippen molar-refractivity contribution in [2.45, 2.75) is 25.9 Å². The number of rotatable bonds is 6. The molecule has 0 radical (unpaired) electrons. The van der Waals surface area contributed by atoms with Crippen molar-refractivity contribution >= 4 is 5.69 Å². The van der Waals surface area contributed by atoms with Crippen LogP contribution in [0.3, 0.4) is 0 Å². The van der Waals surface area contributed by atoms with E-state index in [1.165, 1.54) is 16.8 Å². The van der Waals surface area contributed by atoms with Crippen LogP contribution in [0, 0.1) is 0 Å². The Morgan fingerprint density at radius 1 is 0.773 bits per heavy atom. The van der Waals surface area contributed by atoms with Crippen LogP contribution in [0.25, 0.3) is 0 Å². The van der Waals surface area contributed by atoms with Crippen molar-refractivity contribution < 1.29 is 0 Å². The molecule has 1 aliphatic rings. The molecule has 0 amide bonds. The Kier molecular flexibility index (Phi) is 4.93. The fourth-order valence-corrected chi connectivity index (χ4v) is 2.56. The lowest BCUT2D eigenvalue weighted by atomic mass is 10.1. The number of hydrogen-bond acceptors (Lipinski definition) is 2. The van der Waals surface area contributed by atoms with E-state index in [4.69, 9.17) is 0 Å². The summed E-state index contributed by atoms with van der Waals surface area (Å²) in [5.41, 5.74) is 5.01. The highest BCUT2D eigenvalue weighted by molar-refractivity contribution is 5.43. The van der Waals surface area contributed by atoms with Crippen LogP contribution in [0.2, 0.25) is 0 Å². The van der Waals surface area contributed by atoms with Crippen molar-refractivity contribution in [2.24, 2.45) is 0 Å². The lowest BCUT2D eigenvalue weighted by Gasteiger charge is -2.12. The predicted octanol–water partition coefficient (Wildman–Crippen LogP) is 4.62. The van der Waals surface area contributed by atoms with Crippen molar-refractivity contribution in [3.63, 3.8) is 0 Å². The first-order chi connectivity index (χ1) is 10.9. The van der Waals surface area contributed by atoms with Gasteiger partial charge in [0.1, 0.15) is 0 Å². The minimum Gasteiger partial charge on any atom is -0.381 e. The maximum atomic E-state index is 3.49. The van der Waals surface area contributed by atoms with E-state index in [1.54, 1.807) is 0 Å². The van der Waals surface area contributed by atoms with Gasteiger partial charge in [0.15, 0.2) is 0 Å². The molecule has 0 atom stereocenters. The highest BCUT2D eigenvalue weighted by atomic mass is 14.9. The second kappa shape index (κ2) is 7.51. The largest absolute Gasteiger partial charge is 0.381 e. The van der Waals surface area contributed by atoms with Gasteiger partial charge in [-0.05, 0) is 42.2 Å². The third-order valence-electron chi connectivity index (χ3n) is 3.75. The number of hydrogen-bond donors (Lipinski definition) is 2. The normalized spacial score (nSPS) is 13.5. The fourth-order valence-electron chi connectivity index (χ4n) is 2.56. The van der Waals surface area contributed by atoms with Crippen LogP contribution in [0.5, 0.6) is 0 Å². The zero-order valence-corrected chi connectivity index (χ0v) is 12.8. The fraction of sp³-hybridized carbons (Fsp3) is 0.200. The Balaban J connectivity index is 1.55. The lowest BCUT2D eigenvalue weighted by molar-refractivity contribution is 0.811. The number of para-hydroxylation sites is 1. The van der Waals surface area contributed by atoms with Gasteiger partial charge in [-0.25, -0.2) is 0 Å². The zero-order chi connectivity index (χ0) is 15.0. The van der Waals surface area contributed by atoms with Gasteiger partial charge in [0.05, 0.1) is 0 Å². The van der Waals surface area contributed by atoms with Crippen LogP contribution in [0.15, 0.2) is 78.5 Å². The molecule has 0 saturated carbocycles. The maximum absolute atomic E-state index is 3.49. The summed E-state index contributed by atoms with van der Waals surface area (Å²) in [6.07, 6.45) is 8.96. The molecule has 2 aromatic rings. The summed E-state index contributed by atoms with van der Waals surface area (Å²) in [5, 5.41) is 6.94. The van der Waals surface area contributed by atoms with Gasteiger partial charge in [-0.15, -0.1) is 0 Å². The molecule has 2 N–H and O–H groups in total. The average molecular weight is 290 g/mol. The van der Waals surface area contributed by atoms with Crippen LogP contribution < -0.4 is 10.6 Å². The zero-order valence-electron chi connectivity index (χ0n) is 12.8. The van der Waals surface area contributed by atoms with E-state index in [0.29, 0.717) is 0 Å². The number of anilines is 1. The van der Waals surface area contributed by atoms with E-state index in [-0.39, 0.29) is 0 Å². The summed E-state index contributed by atoms with van der Waals surface area (Å²) >= 11 is 0. The highest BCUT2D eigenvalue weighted by Gasteiger charge is 1.99. The molecule has 0 fully saturated rings. The maximum Gasteiger partial charge on any atom is 0.0400 e.